The van der Waals surface area contributed by atoms with Crippen LogP contribution >= 0.6 is 0 Å². The van der Waals surface area contributed by atoms with Gasteiger partial charge < -0.3 is 0 Å². The first-order valence-electron chi connectivity index (χ1n) is 5.50. The predicted octanol–water partition coefficient (Wildman–Crippen LogP) is 2.78. The van der Waals surface area contributed by atoms with E-state index in [-0.39, 0.29) is 4.90 Å². The highest BCUT2D eigenvalue weighted by Crippen LogP contribution is 2.25. The number of aryl methyl sites for hydroxylation is 1. The minimum absolute atomic E-state index is 0.123. The van der Waals surface area contributed by atoms with Crippen LogP contribution in [-0.4, -0.2) is 13.0 Å². The Morgan fingerprint density at radius 3 is 2.21 bits per heavy atom. The number of nitriles is 1. The Morgan fingerprint density at radius 1 is 1.11 bits per heavy atom. The molecule has 4 nitrogen and oxygen atoms in total. The standard InChI is InChI=1S/C14H11NO3S/c1-10-8-13(19(16,17)18)6-7-14(10)12-4-2-11(9-15)3-5-12/h2-8H,1H3,(H,16,17,18). The van der Waals surface area contributed by atoms with E-state index >= 15 is 0 Å². The van der Waals surface area contributed by atoms with Crippen molar-refractivity contribution < 1.29 is 13.0 Å². The lowest BCUT2D eigenvalue weighted by Crippen LogP contribution is -1.98. The van der Waals surface area contributed by atoms with Crippen LogP contribution in [0.2, 0.25) is 0 Å². The molecule has 2 aromatic carbocycles. The number of benzene rings is 2. The van der Waals surface area contributed by atoms with Gasteiger partial charge >= 0.3 is 0 Å². The van der Waals surface area contributed by atoms with Crippen molar-refractivity contribution in [1.29, 1.82) is 5.26 Å². The highest BCUT2D eigenvalue weighted by molar-refractivity contribution is 7.85. The molecular formula is C14H11NO3S. The second-order valence-corrected chi connectivity index (χ2v) is 5.56. The van der Waals surface area contributed by atoms with Crippen molar-refractivity contribution in [2.24, 2.45) is 0 Å². The zero-order chi connectivity index (χ0) is 14.0. The van der Waals surface area contributed by atoms with Crippen LogP contribution in [0, 0.1) is 18.3 Å². The van der Waals surface area contributed by atoms with Crippen molar-refractivity contribution in [2.75, 3.05) is 0 Å². The zero-order valence-electron chi connectivity index (χ0n) is 10.2. The quantitative estimate of drug-likeness (QED) is 0.853. The molecule has 0 aliphatic rings. The van der Waals surface area contributed by atoms with E-state index in [4.69, 9.17) is 9.81 Å². The third-order valence-electron chi connectivity index (χ3n) is 2.82. The zero-order valence-corrected chi connectivity index (χ0v) is 11.0. The Hall–Kier alpha value is -2.16. The molecule has 1 N–H and O–H groups in total. The van der Waals surface area contributed by atoms with Crippen LogP contribution in [0.1, 0.15) is 11.1 Å². The Labute approximate surface area is 111 Å². The van der Waals surface area contributed by atoms with Gasteiger partial charge in [0.15, 0.2) is 0 Å². The summed E-state index contributed by atoms with van der Waals surface area (Å²) in [7, 11) is -4.18. The van der Waals surface area contributed by atoms with E-state index in [1.807, 2.05) is 6.07 Å². The smallest absolute Gasteiger partial charge is 0.282 e. The fourth-order valence-electron chi connectivity index (χ4n) is 1.84. The van der Waals surface area contributed by atoms with Crippen LogP contribution in [0.5, 0.6) is 0 Å². The number of nitrogens with zero attached hydrogens (tertiary/aromatic N) is 1. The molecule has 0 radical (unpaired) electrons. The molecule has 0 fully saturated rings. The Morgan fingerprint density at radius 2 is 1.74 bits per heavy atom. The SMILES string of the molecule is Cc1cc(S(=O)(=O)O)ccc1-c1ccc(C#N)cc1. The van der Waals surface area contributed by atoms with E-state index in [1.165, 1.54) is 12.1 Å². The van der Waals surface area contributed by atoms with Crippen molar-refractivity contribution in [3.8, 4) is 17.2 Å². The van der Waals surface area contributed by atoms with E-state index in [1.54, 1.807) is 37.3 Å². The lowest BCUT2D eigenvalue weighted by atomic mass is 10.00. The highest BCUT2D eigenvalue weighted by atomic mass is 32.2. The molecule has 2 aromatic rings. The molecule has 5 heteroatoms. The Kier molecular flexibility index (Phi) is 3.38. The van der Waals surface area contributed by atoms with E-state index in [0.29, 0.717) is 5.56 Å². The van der Waals surface area contributed by atoms with Gasteiger partial charge in [0.1, 0.15) is 0 Å². The molecule has 0 atom stereocenters. The van der Waals surface area contributed by atoms with Crippen molar-refractivity contribution in [1.82, 2.24) is 0 Å². The molecule has 2 rings (SSSR count). The van der Waals surface area contributed by atoms with Crippen LogP contribution in [0.4, 0.5) is 0 Å². The van der Waals surface area contributed by atoms with Crippen LogP contribution in [0.3, 0.4) is 0 Å². The monoisotopic (exact) mass is 273 g/mol. The molecule has 0 aliphatic carbocycles. The number of rotatable bonds is 2. The molecule has 0 amide bonds. The van der Waals surface area contributed by atoms with Gasteiger partial charge in [-0.05, 0) is 47.9 Å². The molecule has 0 saturated heterocycles. The van der Waals surface area contributed by atoms with E-state index in [0.717, 1.165) is 16.7 Å². The average Bonchev–Trinajstić information content (AvgIpc) is 2.38. The van der Waals surface area contributed by atoms with Gasteiger partial charge in [-0.1, -0.05) is 18.2 Å². The van der Waals surface area contributed by atoms with Crippen molar-refractivity contribution >= 4 is 10.1 Å². The van der Waals surface area contributed by atoms with E-state index in [9.17, 15) is 8.42 Å². The normalized spacial score (nSPS) is 11.0. The first kappa shape index (κ1) is 13.3. The highest BCUT2D eigenvalue weighted by Gasteiger charge is 2.11. The summed E-state index contributed by atoms with van der Waals surface area (Å²) in [6.45, 7) is 1.77. The van der Waals surface area contributed by atoms with Crippen LogP contribution < -0.4 is 0 Å². The summed E-state index contributed by atoms with van der Waals surface area (Å²) in [5.74, 6) is 0. The molecular weight excluding hydrogens is 262 g/mol. The summed E-state index contributed by atoms with van der Waals surface area (Å²) in [5.41, 5.74) is 3.05. The van der Waals surface area contributed by atoms with Crippen LogP contribution in [0.25, 0.3) is 11.1 Å². The van der Waals surface area contributed by atoms with Crippen molar-refractivity contribution in [3.05, 3.63) is 53.6 Å². The summed E-state index contributed by atoms with van der Waals surface area (Å²) in [6, 6.07) is 13.5. The third-order valence-corrected chi connectivity index (χ3v) is 3.67. The minimum Gasteiger partial charge on any atom is -0.282 e. The predicted molar refractivity (Wildman–Crippen MR) is 71.1 cm³/mol. The maximum absolute atomic E-state index is 11.0. The van der Waals surface area contributed by atoms with E-state index < -0.39 is 10.1 Å². The van der Waals surface area contributed by atoms with Crippen molar-refractivity contribution in [2.45, 2.75) is 11.8 Å². The van der Waals surface area contributed by atoms with Gasteiger partial charge in [0, 0.05) is 0 Å². The fourth-order valence-corrected chi connectivity index (χ4v) is 2.41. The lowest BCUT2D eigenvalue weighted by molar-refractivity contribution is 0.483. The molecule has 0 bridgehead atoms. The summed E-state index contributed by atoms with van der Waals surface area (Å²) in [4.78, 5) is -0.123. The first-order chi connectivity index (χ1) is 8.91. The molecule has 0 heterocycles. The summed E-state index contributed by atoms with van der Waals surface area (Å²) >= 11 is 0. The van der Waals surface area contributed by atoms with Crippen LogP contribution in [0.15, 0.2) is 47.4 Å². The summed E-state index contributed by atoms with van der Waals surface area (Å²) in [5, 5.41) is 8.74. The largest absolute Gasteiger partial charge is 0.294 e. The van der Waals surface area contributed by atoms with Gasteiger partial charge in [-0.3, -0.25) is 4.55 Å². The van der Waals surface area contributed by atoms with Gasteiger partial charge in [0.2, 0.25) is 0 Å². The number of hydrogen-bond donors (Lipinski definition) is 1. The molecule has 0 saturated carbocycles. The minimum atomic E-state index is -4.18. The van der Waals surface area contributed by atoms with Gasteiger partial charge in [-0.25, -0.2) is 0 Å². The molecule has 0 spiro atoms. The molecule has 0 aliphatic heterocycles. The summed E-state index contributed by atoms with van der Waals surface area (Å²) in [6.07, 6.45) is 0. The van der Waals surface area contributed by atoms with Gasteiger partial charge in [0.25, 0.3) is 10.1 Å². The molecule has 0 unspecified atom stereocenters. The Bertz CT molecular complexity index is 756. The molecule has 96 valence electrons. The topological polar surface area (TPSA) is 78.2 Å². The van der Waals surface area contributed by atoms with E-state index in [2.05, 4.69) is 0 Å². The Balaban J connectivity index is 2.49. The van der Waals surface area contributed by atoms with Gasteiger partial charge in [-0.15, -0.1) is 0 Å². The number of hydrogen-bond acceptors (Lipinski definition) is 3. The third kappa shape index (κ3) is 2.81. The maximum Gasteiger partial charge on any atom is 0.294 e. The van der Waals surface area contributed by atoms with Gasteiger partial charge in [-0.2, -0.15) is 13.7 Å². The van der Waals surface area contributed by atoms with Crippen molar-refractivity contribution in [3.63, 3.8) is 0 Å². The molecule has 0 aromatic heterocycles. The maximum atomic E-state index is 11.0. The van der Waals surface area contributed by atoms with Crippen LogP contribution in [-0.2, 0) is 10.1 Å². The lowest BCUT2D eigenvalue weighted by Gasteiger charge is -2.07. The second-order valence-electron chi connectivity index (χ2n) is 4.14. The first-order valence-corrected chi connectivity index (χ1v) is 6.94. The average molecular weight is 273 g/mol. The molecule has 19 heavy (non-hydrogen) atoms. The summed E-state index contributed by atoms with van der Waals surface area (Å²) < 4.78 is 31.1. The van der Waals surface area contributed by atoms with Gasteiger partial charge in [0.05, 0.1) is 16.5 Å². The second kappa shape index (κ2) is 4.84. The fraction of sp³-hybridized carbons (Fsp3) is 0.0714.